The second-order valence-electron chi connectivity index (χ2n) is 5.18. The highest BCUT2D eigenvalue weighted by Gasteiger charge is 2.29. The second kappa shape index (κ2) is 6.31. The summed E-state index contributed by atoms with van der Waals surface area (Å²) in [6, 6.07) is 14.7. The van der Waals surface area contributed by atoms with Gasteiger partial charge < -0.3 is 16.0 Å². The quantitative estimate of drug-likeness (QED) is 0.807. The molecule has 0 unspecified atom stereocenters. The topological polar surface area (TPSA) is 87.3 Å². The molecule has 2 aromatic carbocycles. The Bertz CT molecular complexity index is 759. The maximum Gasteiger partial charge on any atom is 0.254 e. The molecule has 2 aromatic rings. The lowest BCUT2D eigenvalue weighted by molar-refractivity contribution is -0.122. The third-order valence-corrected chi connectivity index (χ3v) is 3.50. The molecule has 0 aliphatic carbocycles. The Morgan fingerprint density at radius 2 is 1.70 bits per heavy atom. The van der Waals surface area contributed by atoms with E-state index < -0.39 is 11.9 Å². The molecule has 0 radical (unpaired) electrons. The van der Waals surface area contributed by atoms with Crippen LogP contribution in [0.25, 0.3) is 0 Å². The molecule has 0 saturated heterocycles. The molecule has 1 aliphatic heterocycles. The van der Waals surface area contributed by atoms with Gasteiger partial charge in [-0.05, 0) is 24.3 Å². The minimum atomic E-state index is -0.918. The molecule has 3 amide bonds. The van der Waals surface area contributed by atoms with Crippen molar-refractivity contribution < 1.29 is 14.4 Å². The largest absolute Gasteiger partial charge is 0.340 e. The maximum absolute atomic E-state index is 12.2. The van der Waals surface area contributed by atoms with Gasteiger partial charge in [0.2, 0.25) is 11.8 Å². The number of carbonyl (C=O) groups is 3. The lowest BCUT2D eigenvalue weighted by atomic mass is 10.1. The fourth-order valence-corrected chi connectivity index (χ4v) is 2.37. The first-order chi connectivity index (χ1) is 11.1. The van der Waals surface area contributed by atoms with Gasteiger partial charge in [0.05, 0.1) is 17.7 Å². The van der Waals surface area contributed by atoms with Crippen molar-refractivity contribution in [2.24, 2.45) is 0 Å². The van der Waals surface area contributed by atoms with Crippen LogP contribution in [0.1, 0.15) is 16.8 Å². The summed E-state index contributed by atoms with van der Waals surface area (Å²) in [4.78, 5) is 36.4. The minimum absolute atomic E-state index is 0.138. The van der Waals surface area contributed by atoms with Gasteiger partial charge in [-0.3, -0.25) is 14.4 Å². The van der Waals surface area contributed by atoms with E-state index >= 15 is 0 Å². The highest BCUT2D eigenvalue weighted by atomic mass is 16.2. The van der Waals surface area contributed by atoms with Crippen molar-refractivity contribution in [1.29, 1.82) is 0 Å². The van der Waals surface area contributed by atoms with Crippen LogP contribution in [0.3, 0.4) is 0 Å². The van der Waals surface area contributed by atoms with E-state index in [-0.39, 0.29) is 18.2 Å². The first-order valence-corrected chi connectivity index (χ1v) is 7.19. The van der Waals surface area contributed by atoms with Crippen molar-refractivity contribution in [2.45, 2.75) is 12.5 Å². The van der Waals surface area contributed by atoms with Gasteiger partial charge >= 0.3 is 0 Å². The number of nitrogens with one attached hydrogen (secondary N) is 3. The van der Waals surface area contributed by atoms with Crippen LogP contribution < -0.4 is 16.0 Å². The number of carbonyl (C=O) groups excluding carboxylic acids is 3. The van der Waals surface area contributed by atoms with E-state index in [2.05, 4.69) is 16.0 Å². The van der Waals surface area contributed by atoms with Gasteiger partial charge in [-0.1, -0.05) is 30.3 Å². The maximum atomic E-state index is 12.2. The lowest BCUT2D eigenvalue weighted by Crippen LogP contribution is -2.43. The molecule has 6 nitrogen and oxygen atoms in total. The number of amides is 3. The van der Waals surface area contributed by atoms with Crippen molar-refractivity contribution >= 4 is 29.1 Å². The molecular weight excluding hydrogens is 294 g/mol. The molecule has 3 N–H and O–H groups in total. The number of benzene rings is 2. The molecule has 3 rings (SSSR count). The molecule has 0 saturated carbocycles. The van der Waals surface area contributed by atoms with Crippen molar-refractivity contribution in [3.05, 3.63) is 60.2 Å². The average Bonchev–Trinajstić information content (AvgIpc) is 2.66. The normalized spacial score (nSPS) is 16.6. The Hall–Kier alpha value is -3.15. The van der Waals surface area contributed by atoms with Crippen LogP contribution in [0.5, 0.6) is 0 Å². The summed E-state index contributed by atoms with van der Waals surface area (Å²) in [6.07, 6.45) is -0.138. The van der Waals surface area contributed by atoms with Crippen LogP contribution in [0.2, 0.25) is 0 Å². The minimum Gasteiger partial charge on any atom is -0.340 e. The van der Waals surface area contributed by atoms with E-state index in [4.69, 9.17) is 0 Å². The number of rotatable bonds is 3. The summed E-state index contributed by atoms with van der Waals surface area (Å²) < 4.78 is 0. The van der Waals surface area contributed by atoms with Gasteiger partial charge in [0.25, 0.3) is 5.91 Å². The van der Waals surface area contributed by atoms with Gasteiger partial charge in [0.15, 0.2) is 0 Å². The fraction of sp³-hybridized carbons (Fsp3) is 0.118. The molecule has 1 aliphatic rings. The molecule has 116 valence electrons. The van der Waals surface area contributed by atoms with Gasteiger partial charge in [-0.25, -0.2) is 0 Å². The van der Waals surface area contributed by atoms with Gasteiger partial charge in [0, 0.05) is 5.69 Å². The Labute approximate surface area is 132 Å². The van der Waals surface area contributed by atoms with E-state index in [0.717, 1.165) is 0 Å². The molecule has 1 heterocycles. The van der Waals surface area contributed by atoms with Crippen LogP contribution in [-0.4, -0.2) is 23.8 Å². The number of para-hydroxylation sites is 2. The van der Waals surface area contributed by atoms with E-state index in [0.29, 0.717) is 16.9 Å². The van der Waals surface area contributed by atoms with Crippen LogP contribution >= 0.6 is 0 Å². The van der Waals surface area contributed by atoms with Crippen LogP contribution in [0, 0.1) is 0 Å². The molecule has 0 aromatic heterocycles. The van der Waals surface area contributed by atoms with E-state index in [1.54, 1.807) is 48.5 Å². The second-order valence-corrected chi connectivity index (χ2v) is 5.18. The predicted molar refractivity (Wildman–Crippen MR) is 86.0 cm³/mol. The summed E-state index contributed by atoms with van der Waals surface area (Å²) in [7, 11) is 0. The van der Waals surface area contributed by atoms with Crippen molar-refractivity contribution in [3.63, 3.8) is 0 Å². The summed E-state index contributed by atoms with van der Waals surface area (Å²) in [6.45, 7) is 0. The zero-order valence-corrected chi connectivity index (χ0v) is 12.2. The highest BCUT2D eigenvalue weighted by molar-refractivity contribution is 6.11. The van der Waals surface area contributed by atoms with Gasteiger partial charge in [-0.15, -0.1) is 0 Å². The molecule has 6 heteroatoms. The van der Waals surface area contributed by atoms with Crippen LogP contribution in [0.4, 0.5) is 11.4 Å². The Morgan fingerprint density at radius 3 is 2.48 bits per heavy atom. The summed E-state index contributed by atoms with van der Waals surface area (Å²) in [5.74, 6) is -1.13. The first kappa shape index (κ1) is 14.8. The molecule has 1 atom stereocenters. The number of anilines is 2. The third kappa shape index (κ3) is 3.37. The Morgan fingerprint density at radius 1 is 1.00 bits per heavy atom. The lowest BCUT2D eigenvalue weighted by Gasteiger charge is -2.14. The average molecular weight is 309 g/mol. The smallest absolute Gasteiger partial charge is 0.254 e. The van der Waals surface area contributed by atoms with Crippen LogP contribution in [-0.2, 0) is 9.59 Å². The van der Waals surface area contributed by atoms with Gasteiger partial charge in [-0.2, -0.15) is 0 Å². The molecule has 0 bridgehead atoms. The SMILES string of the molecule is O=C(C[C@H]1NC(=O)c2ccccc2NC1=O)Nc1ccccc1. The summed E-state index contributed by atoms with van der Waals surface area (Å²) >= 11 is 0. The van der Waals surface area contributed by atoms with Crippen molar-refractivity contribution in [2.75, 3.05) is 10.6 Å². The zero-order chi connectivity index (χ0) is 16.2. The Kier molecular flexibility index (Phi) is 4.05. The summed E-state index contributed by atoms with van der Waals surface area (Å²) in [5.41, 5.74) is 1.47. The first-order valence-electron chi connectivity index (χ1n) is 7.19. The standard InChI is InChI=1S/C17H15N3O3/c21-15(18-11-6-2-1-3-7-11)10-14-17(23)19-13-9-5-4-8-12(13)16(22)20-14/h1-9,14H,10H2,(H,18,21)(H,19,23)(H,20,22)/t14-/m1/s1. The Balaban J connectivity index is 1.70. The number of fused-ring (bicyclic) bond motifs is 1. The van der Waals surface area contributed by atoms with E-state index in [1.165, 1.54) is 0 Å². The van der Waals surface area contributed by atoms with Crippen molar-refractivity contribution in [1.82, 2.24) is 5.32 Å². The molecule has 0 fully saturated rings. The van der Waals surface area contributed by atoms with Crippen molar-refractivity contribution in [3.8, 4) is 0 Å². The van der Waals surface area contributed by atoms with E-state index in [1.807, 2.05) is 6.07 Å². The zero-order valence-electron chi connectivity index (χ0n) is 12.2. The molecular formula is C17H15N3O3. The summed E-state index contributed by atoms with van der Waals surface area (Å²) in [5, 5.41) is 7.96. The van der Waals surface area contributed by atoms with Crippen LogP contribution in [0.15, 0.2) is 54.6 Å². The molecule has 23 heavy (non-hydrogen) atoms. The van der Waals surface area contributed by atoms with E-state index in [9.17, 15) is 14.4 Å². The fourth-order valence-electron chi connectivity index (χ4n) is 2.37. The monoisotopic (exact) mass is 309 g/mol. The van der Waals surface area contributed by atoms with Gasteiger partial charge in [0.1, 0.15) is 6.04 Å². The number of hydrogen-bond acceptors (Lipinski definition) is 3. The third-order valence-electron chi connectivity index (χ3n) is 3.50. The molecule has 0 spiro atoms. The number of hydrogen-bond donors (Lipinski definition) is 3. The highest BCUT2D eigenvalue weighted by Crippen LogP contribution is 2.19. The predicted octanol–water partition coefficient (Wildman–Crippen LogP) is 1.77.